The van der Waals surface area contributed by atoms with Crippen molar-refractivity contribution in [2.45, 2.75) is 57.4 Å². The van der Waals surface area contributed by atoms with Crippen LogP contribution in [-0.2, 0) is 9.53 Å². The van der Waals surface area contributed by atoms with E-state index in [2.05, 4.69) is 5.32 Å². The van der Waals surface area contributed by atoms with Gasteiger partial charge in [-0.2, -0.15) is 0 Å². The molecule has 2 aliphatic rings. The fourth-order valence-corrected chi connectivity index (χ4v) is 3.36. The molecule has 0 spiro atoms. The third-order valence-electron chi connectivity index (χ3n) is 4.58. The molecule has 2 N–H and O–H groups in total. The number of ether oxygens (including phenoxy) is 1. The minimum absolute atomic E-state index is 0.110. The monoisotopic (exact) mass is 269 g/mol. The lowest BCUT2D eigenvalue weighted by atomic mass is 9.82. The maximum atomic E-state index is 12.3. The summed E-state index contributed by atoms with van der Waals surface area (Å²) in [7, 11) is 0. The largest absolute Gasteiger partial charge is 0.396 e. The molecule has 1 saturated carbocycles. The van der Waals surface area contributed by atoms with Crippen LogP contribution in [0.3, 0.4) is 0 Å². The summed E-state index contributed by atoms with van der Waals surface area (Å²) in [5, 5.41) is 12.4. The van der Waals surface area contributed by atoms with Crippen molar-refractivity contribution in [2.75, 3.05) is 19.8 Å². The number of carbonyl (C=O) groups excluding carboxylic acids is 1. The van der Waals surface area contributed by atoms with Crippen molar-refractivity contribution in [1.29, 1.82) is 0 Å². The standard InChI is InChI=1S/C15H27NO3/c17-9-6-14(12-4-2-1-3-5-12)16-15(18)13-7-10-19-11-8-13/h12-14,17H,1-11H2,(H,16,18). The van der Waals surface area contributed by atoms with Crippen LogP contribution in [0.4, 0.5) is 0 Å². The molecule has 2 fully saturated rings. The lowest BCUT2D eigenvalue weighted by Gasteiger charge is -2.32. The van der Waals surface area contributed by atoms with Gasteiger partial charge in [-0.1, -0.05) is 19.3 Å². The number of hydrogen-bond donors (Lipinski definition) is 2. The summed E-state index contributed by atoms with van der Waals surface area (Å²) in [5.41, 5.74) is 0. The SMILES string of the molecule is O=C(NC(CCO)C1CCCCC1)C1CCOCC1. The zero-order valence-electron chi connectivity index (χ0n) is 11.8. The number of aliphatic hydroxyl groups is 1. The minimum atomic E-state index is 0.110. The molecule has 0 aromatic rings. The fraction of sp³-hybridized carbons (Fsp3) is 0.933. The van der Waals surface area contributed by atoms with E-state index in [9.17, 15) is 9.90 Å². The summed E-state index contributed by atoms with van der Waals surface area (Å²) in [6, 6.07) is 0.167. The zero-order valence-corrected chi connectivity index (χ0v) is 11.8. The highest BCUT2D eigenvalue weighted by molar-refractivity contribution is 5.79. The molecule has 4 nitrogen and oxygen atoms in total. The quantitative estimate of drug-likeness (QED) is 0.801. The van der Waals surface area contributed by atoms with Crippen LogP contribution < -0.4 is 5.32 Å². The predicted octanol–water partition coefficient (Wildman–Crippen LogP) is 1.86. The highest BCUT2D eigenvalue weighted by atomic mass is 16.5. The molecule has 1 unspecified atom stereocenters. The normalized spacial score (nSPS) is 24.1. The van der Waals surface area contributed by atoms with Crippen molar-refractivity contribution in [1.82, 2.24) is 5.32 Å². The van der Waals surface area contributed by atoms with Gasteiger partial charge in [0.1, 0.15) is 0 Å². The van der Waals surface area contributed by atoms with Gasteiger partial charge in [0.05, 0.1) is 0 Å². The van der Waals surface area contributed by atoms with E-state index in [0.717, 1.165) is 12.8 Å². The number of aliphatic hydroxyl groups excluding tert-OH is 1. The molecule has 0 aromatic carbocycles. The Labute approximate surface area is 115 Å². The number of amides is 1. The summed E-state index contributed by atoms with van der Waals surface area (Å²) >= 11 is 0. The second-order valence-electron chi connectivity index (χ2n) is 5.91. The topological polar surface area (TPSA) is 58.6 Å². The van der Waals surface area contributed by atoms with Crippen molar-refractivity contribution in [3.05, 3.63) is 0 Å². The number of nitrogens with one attached hydrogen (secondary N) is 1. The van der Waals surface area contributed by atoms with Crippen LogP contribution in [-0.4, -0.2) is 36.9 Å². The van der Waals surface area contributed by atoms with Crippen LogP contribution in [0.2, 0.25) is 0 Å². The van der Waals surface area contributed by atoms with E-state index in [1.54, 1.807) is 0 Å². The van der Waals surface area contributed by atoms with Gasteiger partial charge in [0.25, 0.3) is 0 Å². The fourth-order valence-electron chi connectivity index (χ4n) is 3.36. The molecule has 2 rings (SSSR count). The minimum Gasteiger partial charge on any atom is -0.396 e. The summed E-state index contributed by atoms with van der Waals surface area (Å²) < 4.78 is 5.30. The maximum Gasteiger partial charge on any atom is 0.223 e. The lowest BCUT2D eigenvalue weighted by molar-refractivity contribution is -0.129. The Morgan fingerprint density at radius 2 is 1.84 bits per heavy atom. The van der Waals surface area contributed by atoms with Crippen LogP contribution >= 0.6 is 0 Å². The van der Waals surface area contributed by atoms with Crippen LogP contribution in [0.5, 0.6) is 0 Å². The van der Waals surface area contributed by atoms with Crippen LogP contribution in [0.15, 0.2) is 0 Å². The molecule has 4 heteroatoms. The van der Waals surface area contributed by atoms with Gasteiger partial charge in [-0.25, -0.2) is 0 Å². The highest BCUT2D eigenvalue weighted by Gasteiger charge is 2.28. The molecule has 1 saturated heterocycles. The van der Waals surface area contributed by atoms with Gasteiger partial charge in [-0.05, 0) is 38.0 Å². The maximum absolute atomic E-state index is 12.3. The van der Waals surface area contributed by atoms with E-state index >= 15 is 0 Å². The molecule has 1 heterocycles. The molecule has 0 aromatic heterocycles. The Morgan fingerprint density at radius 1 is 1.16 bits per heavy atom. The number of rotatable bonds is 5. The Bertz CT molecular complexity index is 271. The first-order valence-electron chi connectivity index (χ1n) is 7.80. The summed E-state index contributed by atoms with van der Waals surface area (Å²) in [6.45, 7) is 1.56. The number of carbonyl (C=O) groups is 1. The highest BCUT2D eigenvalue weighted by Crippen LogP contribution is 2.28. The molecule has 19 heavy (non-hydrogen) atoms. The molecule has 1 atom stereocenters. The van der Waals surface area contributed by atoms with E-state index in [0.29, 0.717) is 25.6 Å². The van der Waals surface area contributed by atoms with E-state index in [1.165, 1.54) is 32.1 Å². The Balaban J connectivity index is 1.85. The van der Waals surface area contributed by atoms with Gasteiger partial charge in [0.2, 0.25) is 5.91 Å². The molecule has 0 bridgehead atoms. The Morgan fingerprint density at radius 3 is 2.47 bits per heavy atom. The first-order valence-corrected chi connectivity index (χ1v) is 7.80. The summed E-state index contributed by atoms with van der Waals surface area (Å²) in [5.74, 6) is 0.843. The summed E-state index contributed by atoms with van der Waals surface area (Å²) in [4.78, 5) is 12.3. The van der Waals surface area contributed by atoms with Gasteiger partial charge >= 0.3 is 0 Å². The molecular formula is C15H27NO3. The average Bonchev–Trinajstić information content (AvgIpc) is 2.48. The second-order valence-corrected chi connectivity index (χ2v) is 5.91. The van der Waals surface area contributed by atoms with Gasteiger partial charge < -0.3 is 15.2 Å². The van der Waals surface area contributed by atoms with Gasteiger partial charge in [0.15, 0.2) is 0 Å². The molecule has 1 aliphatic heterocycles. The smallest absolute Gasteiger partial charge is 0.223 e. The second kappa shape index (κ2) is 7.85. The third-order valence-corrected chi connectivity index (χ3v) is 4.58. The van der Waals surface area contributed by atoms with E-state index in [4.69, 9.17) is 4.74 Å². The molecular weight excluding hydrogens is 242 g/mol. The van der Waals surface area contributed by atoms with Crippen molar-refractivity contribution in [3.63, 3.8) is 0 Å². The van der Waals surface area contributed by atoms with Crippen LogP contribution in [0.1, 0.15) is 51.4 Å². The Kier molecular flexibility index (Phi) is 6.11. The molecule has 0 radical (unpaired) electrons. The van der Waals surface area contributed by atoms with E-state index < -0.39 is 0 Å². The van der Waals surface area contributed by atoms with E-state index in [1.807, 2.05) is 0 Å². The lowest BCUT2D eigenvalue weighted by Crippen LogP contribution is -2.45. The zero-order chi connectivity index (χ0) is 13.5. The molecule has 1 amide bonds. The van der Waals surface area contributed by atoms with Crippen LogP contribution in [0, 0.1) is 11.8 Å². The molecule has 110 valence electrons. The Hall–Kier alpha value is -0.610. The van der Waals surface area contributed by atoms with Gasteiger partial charge in [0, 0.05) is 31.8 Å². The van der Waals surface area contributed by atoms with Crippen molar-refractivity contribution < 1.29 is 14.6 Å². The van der Waals surface area contributed by atoms with Gasteiger partial charge in [-0.15, -0.1) is 0 Å². The van der Waals surface area contributed by atoms with E-state index in [-0.39, 0.29) is 24.5 Å². The average molecular weight is 269 g/mol. The van der Waals surface area contributed by atoms with Crippen molar-refractivity contribution >= 4 is 5.91 Å². The third kappa shape index (κ3) is 4.46. The van der Waals surface area contributed by atoms with Gasteiger partial charge in [-0.3, -0.25) is 4.79 Å². The van der Waals surface area contributed by atoms with Crippen molar-refractivity contribution in [2.24, 2.45) is 11.8 Å². The van der Waals surface area contributed by atoms with Crippen molar-refractivity contribution in [3.8, 4) is 0 Å². The van der Waals surface area contributed by atoms with Crippen LogP contribution in [0.25, 0.3) is 0 Å². The molecule has 1 aliphatic carbocycles. The summed E-state index contributed by atoms with van der Waals surface area (Å²) in [6.07, 6.45) is 8.59. The number of hydrogen-bond acceptors (Lipinski definition) is 3. The predicted molar refractivity (Wildman–Crippen MR) is 73.8 cm³/mol. The first-order chi connectivity index (χ1) is 9.31. The first kappa shape index (κ1) is 14.8.